The summed E-state index contributed by atoms with van der Waals surface area (Å²) in [5, 5.41) is 19.0. The van der Waals surface area contributed by atoms with Crippen LogP contribution in [0.3, 0.4) is 0 Å². The number of carbonyl (C=O) groups is 1. The number of nitrogens with one attached hydrogen (secondary N) is 4. The summed E-state index contributed by atoms with van der Waals surface area (Å²) in [6.07, 6.45) is 3.65. The van der Waals surface area contributed by atoms with Gasteiger partial charge in [0, 0.05) is 28.9 Å². The molecule has 5 rings (SSSR count). The van der Waals surface area contributed by atoms with E-state index in [2.05, 4.69) is 52.8 Å². The monoisotopic (exact) mass is 483 g/mol. The van der Waals surface area contributed by atoms with Crippen molar-refractivity contribution in [1.29, 1.82) is 5.41 Å². The lowest BCUT2D eigenvalue weighted by Crippen LogP contribution is -2.41. The van der Waals surface area contributed by atoms with E-state index < -0.39 is 0 Å². The van der Waals surface area contributed by atoms with Gasteiger partial charge in [0.25, 0.3) is 5.91 Å². The molecule has 186 valence electrons. The molecule has 6 N–H and O–H groups in total. The Morgan fingerprint density at radius 1 is 1.14 bits per heavy atom. The Morgan fingerprint density at radius 2 is 1.94 bits per heavy atom. The fraction of sp³-hybridized carbons (Fsp3) is 0.357. The van der Waals surface area contributed by atoms with E-state index in [0.717, 1.165) is 30.6 Å². The van der Waals surface area contributed by atoms with E-state index in [1.54, 1.807) is 24.3 Å². The first kappa shape index (κ1) is 23.9. The largest absolute Gasteiger partial charge is 0.383 e. The Morgan fingerprint density at radius 3 is 2.64 bits per heavy atom. The van der Waals surface area contributed by atoms with Crippen molar-refractivity contribution in [1.82, 2.24) is 15.3 Å². The van der Waals surface area contributed by atoms with Crippen molar-refractivity contribution in [3.05, 3.63) is 76.6 Å². The second kappa shape index (κ2) is 9.70. The summed E-state index contributed by atoms with van der Waals surface area (Å²) >= 11 is 0. The lowest BCUT2D eigenvalue weighted by atomic mass is 9.97. The third-order valence-electron chi connectivity index (χ3n) is 7.34. The highest BCUT2D eigenvalue weighted by molar-refractivity contribution is 6.17. The van der Waals surface area contributed by atoms with Crippen molar-refractivity contribution >= 4 is 28.9 Å². The number of benzene rings is 2. The van der Waals surface area contributed by atoms with Crippen LogP contribution in [0.25, 0.3) is 0 Å². The highest BCUT2D eigenvalue weighted by Crippen LogP contribution is 2.34. The molecule has 1 aliphatic carbocycles. The van der Waals surface area contributed by atoms with E-state index >= 15 is 0 Å². The SMILES string of the molecule is Cc1cc(NC(=O)c2cccc(C(=N)c3c(N)ncnc3NC3CC4CNC3C4)c2)ccc1C(C)C. The van der Waals surface area contributed by atoms with Crippen LogP contribution in [0.2, 0.25) is 0 Å². The van der Waals surface area contributed by atoms with Crippen molar-refractivity contribution in [2.45, 2.75) is 51.6 Å². The van der Waals surface area contributed by atoms with Crippen molar-refractivity contribution < 1.29 is 4.79 Å². The van der Waals surface area contributed by atoms with Crippen LogP contribution in [0.1, 0.15) is 65.2 Å². The minimum atomic E-state index is -0.231. The quantitative estimate of drug-likeness (QED) is 0.318. The van der Waals surface area contributed by atoms with Crippen LogP contribution in [0.5, 0.6) is 0 Å². The number of nitrogens with two attached hydrogens (primary N) is 1. The smallest absolute Gasteiger partial charge is 0.255 e. The summed E-state index contributed by atoms with van der Waals surface area (Å²) < 4.78 is 0. The van der Waals surface area contributed by atoms with Gasteiger partial charge in [0.1, 0.15) is 18.0 Å². The van der Waals surface area contributed by atoms with Crippen LogP contribution in [0.15, 0.2) is 48.8 Å². The minimum absolute atomic E-state index is 0.179. The molecule has 3 aromatic rings. The zero-order valence-electron chi connectivity index (χ0n) is 20.9. The Kier molecular flexibility index (Phi) is 6.45. The van der Waals surface area contributed by atoms with Crippen LogP contribution in [0, 0.1) is 18.3 Å². The molecule has 1 aliphatic heterocycles. The van der Waals surface area contributed by atoms with Crippen molar-refractivity contribution in [2.24, 2.45) is 5.92 Å². The molecular weight excluding hydrogens is 450 g/mol. The molecule has 1 aromatic heterocycles. The number of aryl methyl sites for hydroxylation is 1. The molecule has 3 atom stereocenters. The molecular formula is C28H33N7O. The molecule has 2 aromatic carbocycles. The maximum Gasteiger partial charge on any atom is 0.255 e. The zero-order valence-corrected chi connectivity index (χ0v) is 20.9. The van der Waals surface area contributed by atoms with Gasteiger partial charge in [-0.15, -0.1) is 0 Å². The highest BCUT2D eigenvalue weighted by atomic mass is 16.1. The van der Waals surface area contributed by atoms with Crippen molar-refractivity contribution in [3.8, 4) is 0 Å². The number of piperidine rings is 1. The minimum Gasteiger partial charge on any atom is -0.383 e. The fourth-order valence-corrected chi connectivity index (χ4v) is 5.51. The van der Waals surface area contributed by atoms with Gasteiger partial charge in [-0.25, -0.2) is 9.97 Å². The topological polar surface area (TPSA) is 129 Å². The van der Waals surface area contributed by atoms with E-state index in [1.807, 2.05) is 12.1 Å². The standard InChI is InChI=1S/C28H33N7O/c1-15(2)21-8-7-20(9-16(21)3)34-28(36)19-6-4-5-18(12-19)25(29)24-26(30)32-14-33-27(24)35-23-11-17-10-22(23)31-13-17/h4-9,12,14-15,17,22-23,29,31H,10-11,13H2,1-3H3,(H,34,36)(H3,30,32,33,35). The first-order chi connectivity index (χ1) is 17.3. The van der Waals surface area contributed by atoms with Crippen LogP contribution in [0.4, 0.5) is 17.3 Å². The third kappa shape index (κ3) is 4.68. The molecule has 8 heteroatoms. The summed E-state index contributed by atoms with van der Waals surface area (Å²) in [5.41, 5.74) is 11.1. The number of hydrogen-bond acceptors (Lipinski definition) is 7. The molecule has 36 heavy (non-hydrogen) atoms. The van der Waals surface area contributed by atoms with E-state index in [0.29, 0.717) is 40.4 Å². The summed E-state index contributed by atoms with van der Waals surface area (Å²) in [5.74, 6) is 1.66. The Labute approximate surface area is 211 Å². The Balaban J connectivity index is 1.36. The van der Waals surface area contributed by atoms with Crippen molar-refractivity contribution in [2.75, 3.05) is 22.9 Å². The molecule has 0 spiro atoms. The van der Waals surface area contributed by atoms with Crippen LogP contribution < -0.4 is 21.7 Å². The molecule has 0 radical (unpaired) electrons. The molecule has 2 heterocycles. The number of hydrogen-bond donors (Lipinski definition) is 5. The molecule has 1 saturated heterocycles. The normalized spacial score (nSPS) is 20.5. The summed E-state index contributed by atoms with van der Waals surface area (Å²) in [7, 11) is 0. The van der Waals surface area contributed by atoms with Crippen molar-refractivity contribution in [3.63, 3.8) is 0 Å². The third-order valence-corrected chi connectivity index (χ3v) is 7.34. The van der Waals surface area contributed by atoms with E-state index in [9.17, 15) is 4.79 Å². The lowest BCUT2D eigenvalue weighted by molar-refractivity contribution is 0.102. The summed E-state index contributed by atoms with van der Waals surface area (Å²) in [4.78, 5) is 21.6. The first-order valence-corrected chi connectivity index (χ1v) is 12.5. The van der Waals surface area contributed by atoms with Gasteiger partial charge in [-0.3, -0.25) is 10.2 Å². The summed E-state index contributed by atoms with van der Waals surface area (Å²) in [6.45, 7) is 7.42. The molecule has 2 aliphatic rings. The average Bonchev–Trinajstić information content (AvgIpc) is 3.47. The van der Waals surface area contributed by atoms with Gasteiger partial charge in [-0.2, -0.15) is 0 Å². The molecule has 2 bridgehead atoms. The molecule has 8 nitrogen and oxygen atoms in total. The number of anilines is 3. The van der Waals surface area contributed by atoms with Crippen LogP contribution in [-0.4, -0.2) is 40.2 Å². The van der Waals surface area contributed by atoms with Gasteiger partial charge in [-0.1, -0.05) is 32.0 Å². The van der Waals surface area contributed by atoms with Crippen LogP contribution in [-0.2, 0) is 0 Å². The number of nitrogen functional groups attached to an aromatic ring is 1. The van der Waals surface area contributed by atoms with E-state index in [-0.39, 0.29) is 23.5 Å². The predicted molar refractivity (Wildman–Crippen MR) is 144 cm³/mol. The van der Waals surface area contributed by atoms with Gasteiger partial charge in [0.2, 0.25) is 0 Å². The van der Waals surface area contributed by atoms with Crippen LogP contribution >= 0.6 is 0 Å². The average molecular weight is 484 g/mol. The fourth-order valence-electron chi connectivity index (χ4n) is 5.51. The maximum absolute atomic E-state index is 13.0. The number of fused-ring (bicyclic) bond motifs is 2. The Bertz CT molecular complexity index is 1320. The Hall–Kier alpha value is -3.78. The molecule has 1 amide bonds. The zero-order chi connectivity index (χ0) is 25.4. The van der Waals surface area contributed by atoms with Gasteiger partial charge in [-0.05, 0) is 73.5 Å². The highest BCUT2D eigenvalue weighted by Gasteiger charge is 2.39. The van der Waals surface area contributed by atoms with Gasteiger partial charge in [0.15, 0.2) is 0 Å². The molecule has 1 saturated carbocycles. The maximum atomic E-state index is 13.0. The van der Waals surface area contributed by atoms with E-state index in [4.69, 9.17) is 11.1 Å². The first-order valence-electron chi connectivity index (χ1n) is 12.5. The number of amides is 1. The summed E-state index contributed by atoms with van der Waals surface area (Å²) in [6, 6.07) is 13.6. The van der Waals surface area contributed by atoms with Gasteiger partial charge in [0.05, 0.1) is 11.3 Å². The van der Waals surface area contributed by atoms with Gasteiger partial charge < -0.3 is 21.7 Å². The second-order valence-corrected chi connectivity index (χ2v) is 10.2. The molecule has 3 unspecified atom stereocenters. The predicted octanol–water partition coefficient (Wildman–Crippen LogP) is 4.32. The molecule has 2 fully saturated rings. The number of rotatable bonds is 7. The van der Waals surface area contributed by atoms with E-state index in [1.165, 1.54) is 11.9 Å². The van der Waals surface area contributed by atoms with Gasteiger partial charge >= 0.3 is 0 Å². The number of aromatic nitrogens is 2. The lowest BCUT2D eigenvalue weighted by Gasteiger charge is -2.25. The second-order valence-electron chi connectivity index (χ2n) is 10.2. The number of nitrogens with zero attached hydrogens (tertiary/aromatic N) is 2. The number of carbonyl (C=O) groups excluding carboxylic acids is 1.